The molecule has 0 unspecified atom stereocenters. The minimum absolute atomic E-state index is 0.0121. The summed E-state index contributed by atoms with van der Waals surface area (Å²) in [4.78, 5) is 132. The van der Waals surface area contributed by atoms with Gasteiger partial charge in [-0.1, -0.05) is 20.8 Å². The van der Waals surface area contributed by atoms with E-state index in [2.05, 4.69) is 10.6 Å². The maximum atomic E-state index is 15.0. The van der Waals surface area contributed by atoms with Gasteiger partial charge in [-0.3, -0.25) is 43.2 Å². The van der Waals surface area contributed by atoms with Gasteiger partial charge in [0.1, 0.15) is 30.6 Å². The minimum Gasteiger partial charge on any atom is -0.458 e. The molecule has 2 aliphatic heterocycles. The van der Waals surface area contributed by atoms with Crippen molar-refractivity contribution >= 4 is 63.5 Å². The monoisotopic (exact) mass is 1040 g/mol. The summed E-state index contributed by atoms with van der Waals surface area (Å²) in [6.45, 7) is 6.66. The predicted molar refractivity (Wildman–Crippen MR) is 267 cm³/mol. The molecule has 0 saturated carbocycles. The molecule has 3 atom stereocenters. The van der Waals surface area contributed by atoms with E-state index in [1.165, 1.54) is 28.9 Å². The lowest BCUT2D eigenvalue weighted by atomic mass is 9.86. The Labute approximate surface area is 432 Å². The van der Waals surface area contributed by atoms with Gasteiger partial charge in [-0.15, -0.1) is 0 Å². The van der Waals surface area contributed by atoms with E-state index in [1.807, 2.05) is 13.8 Å². The number of pyridine rings is 2. The van der Waals surface area contributed by atoms with Gasteiger partial charge in [0.05, 0.1) is 67.4 Å². The van der Waals surface area contributed by atoms with Crippen LogP contribution >= 0.6 is 0 Å². The normalized spacial score (nSPS) is 16.7. The molecule has 1 aromatic carbocycles. The number of aliphatic hydroxyl groups is 1. The molecule has 20 nitrogen and oxygen atoms in total. The predicted octanol–water partition coefficient (Wildman–Crippen LogP) is 3.37. The van der Waals surface area contributed by atoms with Crippen LogP contribution in [-0.2, 0) is 87.4 Å². The molecule has 5 N–H and O–H groups in total. The summed E-state index contributed by atoms with van der Waals surface area (Å²) in [6, 6.07) is 3.25. The van der Waals surface area contributed by atoms with Crippen molar-refractivity contribution in [1.29, 1.82) is 0 Å². The number of halogens is 1. The smallest absolute Gasteiger partial charge is 0.343 e. The summed E-state index contributed by atoms with van der Waals surface area (Å²) in [5, 5.41) is 17.3. The van der Waals surface area contributed by atoms with Crippen LogP contribution in [-0.4, -0.2) is 113 Å². The van der Waals surface area contributed by atoms with Crippen LogP contribution in [0.15, 0.2) is 35.1 Å². The number of hydrogen-bond acceptors (Lipinski definition) is 16. The number of aromatic nitrogens is 2. The van der Waals surface area contributed by atoms with E-state index < -0.39 is 70.9 Å². The molecule has 6 rings (SSSR count). The number of nitrogens with two attached hydrogens (primary N) is 1. The molecule has 21 heteroatoms. The number of carbonyl (C=O) groups is 9. The standard InChI is InChI=1S/C54H66FN5O15/c1-5-54(71)40-24-44-50-38(27-60(44)52(69)39(40)28-75-53(54)70)37(36-22-31(4)41(55)25-43(36)58-50)26-57-49(67)29-74-18-15-47(65)42(10-13-48(56)66)59-51(68)32(21-30(2)3)23-34(62)14-17-73-20-19-72-16-6-7-33(61)8-9-35-45(63)11-12-46(35)64/h11-12,22,24-25,30,32,35,42,71H,5-10,13-21,23,26-29H2,1-4H3,(H2,56,66)(H,57,67)(H,59,68)/t32-,42+,54+/m1/s1. The van der Waals surface area contributed by atoms with E-state index >= 15 is 0 Å². The molecular formula is C54H66FN5O15. The van der Waals surface area contributed by atoms with Crippen molar-refractivity contribution in [2.24, 2.45) is 23.5 Å². The zero-order chi connectivity index (χ0) is 54.6. The van der Waals surface area contributed by atoms with Gasteiger partial charge in [-0.25, -0.2) is 14.2 Å². The first kappa shape index (κ1) is 57.6. The van der Waals surface area contributed by atoms with Crippen LogP contribution in [0.4, 0.5) is 4.39 Å². The number of hydrogen-bond donors (Lipinski definition) is 4. The topological polar surface area (TPSA) is 296 Å². The number of allylic oxidation sites excluding steroid dienone is 2. The van der Waals surface area contributed by atoms with E-state index in [-0.39, 0.29) is 150 Å². The molecule has 3 aromatic rings. The molecule has 2 aromatic heterocycles. The van der Waals surface area contributed by atoms with Crippen molar-refractivity contribution in [2.45, 2.75) is 130 Å². The molecular weight excluding hydrogens is 978 g/mol. The Morgan fingerprint density at radius 3 is 2.31 bits per heavy atom. The van der Waals surface area contributed by atoms with Crippen LogP contribution in [0.25, 0.3) is 22.3 Å². The van der Waals surface area contributed by atoms with Crippen LogP contribution in [0, 0.1) is 30.5 Å². The number of esters is 1. The van der Waals surface area contributed by atoms with Gasteiger partial charge in [-0.2, -0.15) is 0 Å². The summed E-state index contributed by atoms with van der Waals surface area (Å²) in [5.74, 6) is -6.04. The Morgan fingerprint density at radius 1 is 0.907 bits per heavy atom. The molecule has 3 aliphatic rings. The number of amides is 3. The van der Waals surface area contributed by atoms with Gasteiger partial charge < -0.3 is 45.0 Å². The molecule has 0 spiro atoms. The number of benzene rings is 1. The van der Waals surface area contributed by atoms with Crippen LogP contribution in [0.3, 0.4) is 0 Å². The first-order chi connectivity index (χ1) is 35.7. The maximum absolute atomic E-state index is 15.0. The number of primary amides is 1. The number of nitrogens with one attached hydrogen (secondary N) is 2. The Hall–Kier alpha value is -6.68. The summed E-state index contributed by atoms with van der Waals surface area (Å²) in [5.41, 5.74) is 5.40. The van der Waals surface area contributed by atoms with Crippen LogP contribution < -0.4 is 21.9 Å². The van der Waals surface area contributed by atoms with Crippen molar-refractivity contribution in [3.63, 3.8) is 0 Å². The summed E-state index contributed by atoms with van der Waals surface area (Å²) in [7, 11) is 0. The Bertz CT molecular complexity index is 2800. The number of ether oxygens (including phenoxy) is 4. The third kappa shape index (κ3) is 14.6. The Kier molecular flexibility index (Phi) is 20.1. The number of rotatable bonds is 31. The highest BCUT2D eigenvalue weighted by Gasteiger charge is 2.45. The highest BCUT2D eigenvalue weighted by molar-refractivity contribution is 6.18. The molecule has 75 heavy (non-hydrogen) atoms. The Balaban J connectivity index is 0.962. The lowest BCUT2D eigenvalue weighted by Crippen LogP contribution is -2.45. The van der Waals surface area contributed by atoms with E-state index in [1.54, 1.807) is 19.9 Å². The fourth-order valence-electron chi connectivity index (χ4n) is 9.49. The van der Waals surface area contributed by atoms with Crippen LogP contribution in [0.5, 0.6) is 0 Å². The second-order valence-corrected chi connectivity index (χ2v) is 19.7. The molecule has 1 aliphatic carbocycles. The van der Waals surface area contributed by atoms with Gasteiger partial charge >= 0.3 is 5.97 Å². The third-order valence-electron chi connectivity index (χ3n) is 13.7. The number of carbonyl (C=O) groups excluding carboxylic acids is 9. The van der Waals surface area contributed by atoms with Crippen LogP contribution in [0.2, 0.25) is 0 Å². The third-order valence-corrected chi connectivity index (χ3v) is 13.7. The first-order valence-corrected chi connectivity index (χ1v) is 25.4. The second kappa shape index (κ2) is 26.2. The highest BCUT2D eigenvalue weighted by atomic mass is 19.1. The number of nitrogens with zero attached hydrogens (tertiary/aromatic N) is 2. The molecule has 0 bridgehead atoms. The van der Waals surface area contributed by atoms with Gasteiger partial charge in [0.25, 0.3) is 5.56 Å². The van der Waals surface area contributed by atoms with Crippen molar-refractivity contribution in [2.75, 3.05) is 39.6 Å². The van der Waals surface area contributed by atoms with Crippen molar-refractivity contribution in [3.05, 3.63) is 74.3 Å². The number of fused-ring (bicyclic) bond motifs is 5. The Morgan fingerprint density at radius 2 is 1.61 bits per heavy atom. The zero-order valence-electron chi connectivity index (χ0n) is 42.9. The summed E-state index contributed by atoms with van der Waals surface area (Å²) < 4.78 is 38.2. The fourth-order valence-corrected chi connectivity index (χ4v) is 9.49. The molecule has 3 amide bonds. The molecule has 0 radical (unpaired) electrons. The van der Waals surface area contributed by atoms with E-state index in [9.17, 15) is 57.4 Å². The maximum Gasteiger partial charge on any atom is 0.343 e. The van der Waals surface area contributed by atoms with E-state index in [0.29, 0.717) is 52.9 Å². The van der Waals surface area contributed by atoms with Gasteiger partial charge in [0.2, 0.25) is 17.7 Å². The lowest BCUT2D eigenvalue weighted by molar-refractivity contribution is -0.172. The summed E-state index contributed by atoms with van der Waals surface area (Å²) >= 11 is 0. The number of cyclic esters (lactones) is 1. The van der Waals surface area contributed by atoms with Gasteiger partial charge in [0.15, 0.2) is 23.0 Å². The number of ketones is 5. The SMILES string of the molecule is CC[C@@]1(O)C(=O)OCc2c1cc1n(c2=O)Cc2c-1nc1cc(F)c(C)cc1c2CNC(=O)COCCC(=O)[C@H](CCC(N)=O)NC(=O)[C@@H](CC(=O)CCOCCOCCCC(=O)CCC1C(=O)C=CC1=O)CC(C)C. The van der Waals surface area contributed by atoms with Crippen molar-refractivity contribution < 1.29 is 71.6 Å². The second-order valence-electron chi connectivity index (χ2n) is 19.7. The minimum atomic E-state index is -2.06. The quantitative estimate of drug-likeness (QED) is 0.0319. The van der Waals surface area contributed by atoms with Gasteiger partial charge in [0, 0.05) is 80.2 Å². The van der Waals surface area contributed by atoms with E-state index in [4.69, 9.17) is 29.7 Å². The average Bonchev–Trinajstić information content (AvgIpc) is 3.90. The first-order valence-electron chi connectivity index (χ1n) is 25.4. The number of aryl methyl sites for hydroxylation is 1. The largest absolute Gasteiger partial charge is 0.458 e. The molecule has 404 valence electrons. The van der Waals surface area contributed by atoms with Crippen molar-refractivity contribution in [3.8, 4) is 11.4 Å². The molecule has 0 fully saturated rings. The molecule has 4 heterocycles. The summed E-state index contributed by atoms with van der Waals surface area (Å²) in [6.07, 6.45) is 3.17. The fraction of sp³-hybridized carbons (Fsp3) is 0.537. The van der Waals surface area contributed by atoms with Gasteiger partial charge in [-0.05, 0) is 80.4 Å². The lowest BCUT2D eigenvalue weighted by Gasteiger charge is -2.31. The average molecular weight is 1040 g/mol. The highest BCUT2D eigenvalue weighted by Crippen LogP contribution is 2.40. The van der Waals surface area contributed by atoms with E-state index in [0.717, 1.165) is 0 Å². The van der Waals surface area contributed by atoms with Crippen LogP contribution in [0.1, 0.15) is 119 Å². The van der Waals surface area contributed by atoms with Crippen molar-refractivity contribution in [1.82, 2.24) is 20.2 Å². The number of Topliss-reactive ketones (excluding diaryl/α,β-unsaturated/α-hetero) is 3. The molecule has 0 saturated heterocycles. The zero-order valence-corrected chi connectivity index (χ0v) is 42.9.